The Hall–Kier alpha value is -2.92. The van der Waals surface area contributed by atoms with E-state index < -0.39 is 53.9 Å². The van der Waals surface area contributed by atoms with Gasteiger partial charge in [0.25, 0.3) is 5.91 Å². The zero-order chi connectivity index (χ0) is 25.5. The number of halogens is 4. The van der Waals surface area contributed by atoms with Crippen LogP contribution in [-0.4, -0.2) is 30.2 Å². The lowest BCUT2D eigenvalue weighted by molar-refractivity contribution is -0.152. The van der Waals surface area contributed by atoms with Crippen molar-refractivity contribution < 1.29 is 41.2 Å². The summed E-state index contributed by atoms with van der Waals surface area (Å²) in [5.74, 6) is -2.44. The lowest BCUT2D eigenvalue weighted by atomic mass is 9.75. The van der Waals surface area contributed by atoms with E-state index in [9.17, 15) is 27.2 Å². The molecular weight excluding hydrogens is 457 g/mol. The number of amides is 1. The monoisotopic (exact) mass is 481 g/mol. The summed E-state index contributed by atoms with van der Waals surface area (Å²) in [5, 5.41) is 2.31. The van der Waals surface area contributed by atoms with Crippen LogP contribution in [0.4, 0.5) is 23.2 Å². The van der Waals surface area contributed by atoms with Crippen molar-refractivity contribution in [3.8, 4) is 0 Å². The van der Waals surface area contributed by atoms with E-state index in [0.717, 1.165) is 31.2 Å². The Morgan fingerprint density at radius 1 is 1.03 bits per heavy atom. The van der Waals surface area contributed by atoms with Crippen molar-refractivity contribution in [2.24, 2.45) is 0 Å². The number of hydrogen-bond acceptors (Lipinski definition) is 5. The lowest BCUT2D eigenvalue weighted by Gasteiger charge is -2.32. The summed E-state index contributed by atoms with van der Waals surface area (Å²) in [4.78, 5) is 24.3. The predicted molar refractivity (Wildman–Crippen MR) is 117 cm³/mol. The van der Waals surface area contributed by atoms with Crippen molar-refractivity contribution in [2.75, 3.05) is 5.32 Å². The SMILES string of the molecule is CC(=O)OC(C(=O)Nc1ccc(B2OC(C)(C)C(C)(C)O2)c(C(F)(F)F)c1)c1cccc(F)c1. The second kappa shape index (κ2) is 9.03. The Kier molecular flexibility index (Phi) is 6.83. The smallest absolute Gasteiger partial charge is 0.447 e. The first-order chi connectivity index (χ1) is 15.6. The number of rotatable bonds is 5. The van der Waals surface area contributed by atoms with Crippen molar-refractivity contribution in [3.63, 3.8) is 0 Å². The van der Waals surface area contributed by atoms with Crippen LogP contribution in [-0.2, 0) is 29.8 Å². The van der Waals surface area contributed by atoms with Crippen LogP contribution in [0.25, 0.3) is 0 Å². The molecule has 1 fully saturated rings. The first-order valence-electron chi connectivity index (χ1n) is 10.4. The third-order valence-electron chi connectivity index (χ3n) is 5.81. The van der Waals surface area contributed by atoms with E-state index >= 15 is 0 Å². The highest BCUT2D eigenvalue weighted by Gasteiger charge is 2.53. The number of nitrogens with one attached hydrogen (secondary N) is 1. The summed E-state index contributed by atoms with van der Waals surface area (Å²) in [5.41, 5.74) is -3.18. The largest absolute Gasteiger partial charge is 0.495 e. The highest BCUT2D eigenvalue weighted by molar-refractivity contribution is 6.62. The first kappa shape index (κ1) is 25.7. The number of carbonyl (C=O) groups excluding carboxylic acids is 2. The summed E-state index contributed by atoms with van der Waals surface area (Å²) >= 11 is 0. The van der Waals surface area contributed by atoms with E-state index in [4.69, 9.17) is 14.0 Å². The average molecular weight is 481 g/mol. The summed E-state index contributed by atoms with van der Waals surface area (Å²) in [6, 6.07) is 7.96. The van der Waals surface area contributed by atoms with Gasteiger partial charge in [-0.2, -0.15) is 13.2 Å². The Labute approximate surface area is 194 Å². The van der Waals surface area contributed by atoms with Crippen LogP contribution in [0, 0.1) is 5.82 Å². The van der Waals surface area contributed by atoms with E-state index in [-0.39, 0.29) is 16.7 Å². The van der Waals surface area contributed by atoms with E-state index in [2.05, 4.69) is 5.32 Å². The maximum atomic E-state index is 13.9. The van der Waals surface area contributed by atoms with Crippen LogP contribution in [0.1, 0.15) is 51.8 Å². The number of benzene rings is 2. The number of esters is 1. The topological polar surface area (TPSA) is 73.9 Å². The molecule has 34 heavy (non-hydrogen) atoms. The second-order valence-electron chi connectivity index (χ2n) is 8.92. The number of anilines is 1. The number of alkyl halides is 3. The number of hydrogen-bond donors (Lipinski definition) is 1. The molecule has 0 aromatic heterocycles. The molecule has 1 heterocycles. The summed E-state index contributed by atoms with van der Waals surface area (Å²) in [7, 11) is -1.27. The van der Waals surface area contributed by atoms with Gasteiger partial charge in [0.05, 0.1) is 16.8 Å². The van der Waals surface area contributed by atoms with Crippen molar-refractivity contribution in [3.05, 3.63) is 59.4 Å². The van der Waals surface area contributed by atoms with Crippen LogP contribution >= 0.6 is 0 Å². The van der Waals surface area contributed by atoms with Gasteiger partial charge >= 0.3 is 19.3 Å². The summed E-state index contributed by atoms with van der Waals surface area (Å²) < 4.78 is 71.9. The van der Waals surface area contributed by atoms with E-state index in [1.165, 1.54) is 18.2 Å². The third kappa shape index (κ3) is 5.42. The van der Waals surface area contributed by atoms with Gasteiger partial charge in [-0.05, 0) is 57.4 Å². The Morgan fingerprint density at radius 2 is 1.65 bits per heavy atom. The fourth-order valence-electron chi connectivity index (χ4n) is 3.37. The molecule has 0 saturated carbocycles. The molecule has 1 N–H and O–H groups in total. The van der Waals surface area contributed by atoms with Crippen LogP contribution < -0.4 is 10.8 Å². The molecule has 1 aliphatic heterocycles. The molecule has 1 aliphatic rings. The summed E-state index contributed by atoms with van der Waals surface area (Å²) in [6.07, 6.45) is -6.34. The lowest BCUT2D eigenvalue weighted by Crippen LogP contribution is -2.41. The molecular formula is C23H24BF4NO5. The van der Waals surface area contributed by atoms with Crippen LogP contribution in [0.15, 0.2) is 42.5 Å². The zero-order valence-electron chi connectivity index (χ0n) is 19.2. The number of ether oxygens (including phenoxy) is 1. The molecule has 0 bridgehead atoms. The molecule has 6 nitrogen and oxygen atoms in total. The first-order valence-corrected chi connectivity index (χ1v) is 10.4. The minimum absolute atomic E-state index is 0.0255. The fraction of sp³-hybridized carbons (Fsp3) is 0.391. The zero-order valence-corrected chi connectivity index (χ0v) is 19.2. The maximum absolute atomic E-state index is 13.9. The predicted octanol–water partition coefficient (Wildman–Crippen LogP) is 4.39. The van der Waals surface area contributed by atoms with Gasteiger partial charge in [-0.25, -0.2) is 4.39 Å². The Balaban J connectivity index is 1.93. The highest BCUT2D eigenvalue weighted by atomic mass is 19.4. The van der Waals surface area contributed by atoms with E-state index in [0.29, 0.717) is 0 Å². The minimum atomic E-state index is -4.78. The molecule has 1 saturated heterocycles. The fourth-order valence-corrected chi connectivity index (χ4v) is 3.37. The van der Waals surface area contributed by atoms with E-state index in [1.807, 2.05) is 0 Å². The molecule has 1 atom stereocenters. The van der Waals surface area contributed by atoms with Crippen molar-refractivity contribution >= 4 is 30.1 Å². The quantitative estimate of drug-likeness (QED) is 0.390. The van der Waals surface area contributed by atoms with Crippen LogP contribution in [0.2, 0.25) is 0 Å². The van der Waals surface area contributed by atoms with Crippen molar-refractivity contribution in [1.82, 2.24) is 0 Å². The van der Waals surface area contributed by atoms with Gasteiger partial charge in [0.15, 0.2) is 0 Å². The minimum Gasteiger partial charge on any atom is -0.447 e. The van der Waals surface area contributed by atoms with Gasteiger partial charge < -0.3 is 19.4 Å². The number of carbonyl (C=O) groups is 2. The highest BCUT2D eigenvalue weighted by Crippen LogP contribution is 2.38. The van der Waals surface area contributed by atoms with Gasteiger partial charge in [-0.3, -0.25) is 9.59 Å². The van der Waals surface area contributed by atoms with Crippen molar-refractivity contribution in [2.45, 2.75) is 58.1 Å². The van der Waals surface area contributed by atoms with Crippen LogP contribution in [0.3, 0.4) is 0 Å². The molecule has 2 aromatic carbocycles. The van der Waals surface area contributed by atoms with Gasteiger partial charge in [0.1, 0.15) is 5.82 Å². The Bertz CT molecular complexity index is 1090. The second-order valence-corrected chi connectivity index (χ2v) is 8.92. The van der Waals surface area contributed by atoms with Gasteiger partial charge in [0, 0.05) is 18.2 Å². The molecule has 0 radical (unpaired) electrons. The Morgan fingerprint density at radius 3 is 2.18 bits per heavy atom. The standard InChI is InChI=1S/C23H24BF4NO5/c1-13(30)32-19(14-7-6-8-15(25)11-14)20(31)29-16-9-10-18(17(12-16)23(26,27)28)24-33-21(2,3)22(4,5)34-24/h6-12,19H,1-5H3,(H,29,31). The van der Waals surface area contributed by atoms with Gasteiger partial charge in [0.2, 0.25) is 6.10 Å². The van der Waals surface area contributed by atoms with Gasteiger partial charge in [-0.15, -0.1) is 0 Å². The third-order valence-corrected chi connectivity index (χ3v) is 5.81. The molecule has 1 amide bonds. The van der Waals surface area contributed by atoms with E-state index in [1.54, 1.807) is 27.7 Å². The van der Waals surface area contributed by atoms with Crippen molar-refractivity contribution in [1.29, 1.82) is 0 Å². The molecule has 0 spiro atoms. The van der Waals surface area contributed by atoms with Gasteiger partial charge in [-0.1, -0.05) is 18.2 Å². The molecule has 3 rings (SSSR count). The molecule has 0 aliphatic carbocycles. The maximum Gasteiger partial charge on any atom is 0.495 e. The van der Waals surface area contributed by atoms with Crippen LogP contribution in [0.5, 0.6) is 0 Å². The molecule has 182 valence electrons. The molecule has 11 heteroatoms. The average Bonchev–Trinajstić information content (AvgIpc) is 2.92. The molecule has 1 unspecified atom stereocenters. The normalized spacial score (nSPS) is 17.9. The molecule has 2 aromatic rings. The summed E-state index contributed by atoms with van der Waals surface area (Å²) in [6.45, 7) is 7.93.